The fourth-order valence-electron chi connectivity index (χ4n) is 12.1. The van der Waals surface area contributed by atoms with Crippen molar-refractivity contribution in [3.8, 4) is 22.3 Å². The van der Waals surface area contributed by atoms with Gasteiger partial charge in [-0.05, 0) is 159 Å². The van der Waals surface area contributed by atoms with Crippen molar-refractivity contribution in [2.75, 3.05) is 4.90 Å². The van der Waals surface area contributed by atoms with Gasteiger partial charge in [-0.2, -0.15) is 0 Å². The van der Waals surface area contributed by atoms with Crippen molar-refractivity contribution < 1.29 is 0 Å². The van der Waals surface area contributed by atoms with E-state index in [0.29, 0.717) is 0 Å². The molecule has 13 rings (SSSR count). The van der Waals surface area contributed by atoms with Gasteiger partial charge in [0.05, 0.1) is 6.04 Å². The Balaban J connectivity index is 1.01. The van der Waals surface area contributed by atoms with Crippen molar-refractivity contribution in [1.29, 1.82) is 0 Å². The molecule has 0 aliphatic heterocycles. The third-order valence-corrected chi connectivity index (χ3v) is 15.1. The molecule has 0 saturated heterocycles. The topological polar surface area (TPSA) is 3.24 Å². The van der Waals surface area contributed by atoms with Gasteiger partial charge >= 0.3 is 0 Å². The summed E-state index contributed by atoms with van der Waals surface area (Å²) in [7, 11) is 0. The smallest absolute Gasteiger partial charge is 0.0573 e. The monoisotopic (exact) mass is 687 g/mol. The lowest BCUT2D eigenvalue weighted by Gasteiger charge is -2.61. The van der Waals surface area contributed by atoms with Crippen LogP contribution in [0.4, 0.5) is 11.4 Å². The first-order chi connectivity index (χ1) is 25.7. The van der Waals surface area contributed by atoms with Crippen molar-refractivity contribution in [2.24, 2.45) is 23.7 Å². The van der Waals surface area contributed by atoms with E-state index in [0.717, 1.165) is 30.1 Å². The molecule has 0 amide bonds. The fraction of sp³-hybridized carbons (Fsp3) is 0.240. The molecule has 0 radical (unpaired) electrons. The highest BCUT2D eigenvalue weighted by molar-refractivity contribution is 7.17. The van der Waals surface area contributed by atoms with Gasteiger partial charge in [-0.1, -0.05) is 103 Å². The van der Waals surface area contributed by atoms with Crippen LogP contribution < -0.4 is 14.7 Å². The largest absolute Gasteiger partial charge is 0.334 e. The quantitative estimate of drug-likeness (QED) is 0.178. The number of anilines is 2. The molecule has 6 aliphatic rings. The SMILES string of the molecule is C1=c2sc3ccccc3c2=CCC1N(c1ccc(-c2ccc3ccccc3c2)cc1)c1ccc2c(c1)-c1ccccc1C21C2CC3CC(C2)CC1C3. The molecule has 1 spiro atoms. The molecule has 252 valence electrons. The number of benzene rings is 6. The van der Waals surface area contributed by atoms with Crippen molar-refractivity contribution in [2.45, 2.75) is 50.0 Å². The Hall–Kier alpha value is -4.92. The maximum atomic E-state index is 2.64. The highest BCUT2D eigenvalue weighted by atomic mass is 32.1. The van der Waals surface area contributed by atoms with Gasteiger partial charge in [-0.3, -0.25) is 0 Å². The summed E-state index contributed by atoms with van der Waals surface area (Å²) >= 11 is 1.94. The summed E-state index contributed by atoms with van der Waals surface area (Å²) in [6.07, 6.45) is 13.2. The third kappa shape index (κ3) is 4.16. The first-order valence-electron chi connectivity index (χ1n) is 19.5. The van der Waals surface area contributed by atoms with Gasteiger partial charge in [-0.25, -0.2) is 0 Å². The molecule has 4 fully saturated rings. The molecule has 4 saturated carbocycles. The normalized spacial score (nSPS) is 26.2. The molecular formula is C50H41NS. The number of thiophene rings is 1. The van der Waals surface area contributed by atoms with E-state index >= 15 is 0 Å². The van der Waals surface area contributed by atoms with Crippen molar-refractivity contribution in [3.63, 3.8) is 0 Å². The standard InChI is InChI=1S/C50H41NS/c1-2-8-35-28-36(14-13-33(35)7-1)34-15-17-39(18-16-34)51(41-19-21-44-43-10-4-6-12-48(43)52-49(44)30-41)40-20-22-47-45(29-40)42-9-3-5-11-46(42)50(47)37-24-31-23-32(26-37)27-38(50)25-31/h1-18,20-22,28-32,37-38,41H,19,23-27H2. The van der Waals surface area contributed by atoms with Gasteiger partial charge in [-0.15, -0.1) is 11.3 Å². The van der Waals surface area contributed by atoms with Crippen LogP contribution in [0.2, 0.25) is 0 Å². The predicted molar refractivity (Wildman–Crippen MR) is 220 cm³/mol. The summed E-state index contributed by atoms with van der Waals surface area (Å²) in [6, 6.07) is 51.2. The Kier molecular flexibility index (Phi) is 6.29. The van der Waals surface area contributed by atoms with E-state index in [4.69, 9.17) is 0 Å². The zero-order chi connectivity index (χ0) is 34.0. The number of hydrogen-bond acceptors (Lipinski definition) is 2. The molecule has 6 aliphatic carbocycles. The second-order valence-electron chi connectivity index (χ2n) is 16.5. The van der Waals surface area contributed by atoms with E-state index in [2.05, 4.69) is 151 Å². The second kappa shape index (κ2) is 11.0. The van der Waals surface area contributed by atoms with Crippen LogP contribution in [0.15, 0.2) is 133 Å². The number of hydrogen-bond donors (Lipinski definition) is 0. The second-order valence-corrected chi connectivity index (χ2v) is 17.6. The Bertz CT molecular complexity index is 2670. The maximum Gasteiger partial charge on any atom is 0.0573 e. The molecule has 1 aromatic heterocycles. The average Bonchev–Trinajstić information content (AvgIpc) is 3.70. The number of nitrogens with zero attached hydrogens (tertiary/aromatic N) is 1. The summed E-state index contributed by atoms with van der Waals surface area (Å²) in [5, 5.41) is 5.37. The Morgan fingerprint density at radius 1 is 0.558 bits per heavy atom. The lowest BCUT2D eigenvalue weighted by atomic mass is 9.43. The van der Waals surface area contributed by atoms with E-state index in [1.54, 1.807) is 11.1 Å². The first kappa shape index (κ1) is 29.6. The zero-order valence-electron chi connectivity index (χ0n) is 29.3. The van der Waals surface area contributed by atoms with Crippen molar-refractivity contribution in [3.05, 3.63) is 154 Å². The molecule has 1 unspecified atom stereocenters. The van der Waals surface area contributed by atoms with Crippen LogP contribution in [0.3, 0.4) is 0 Å². The van der Waals surface area contributed by atoms with Crippen LogP contribution in [0.1, 0.15) is 49.7 Å². The predicted octanol–water partition coefficient (Wildman–Crippen LogP) is 11.6. The van der Waals surface area contributed by atoms with Crippen LogP contribution in [-0.4, -0.2) is 6.04 Å². The lowest BCUT2D eigenvalue weighted by Crippen LogP contribution is -2.55. The first-order valence-corrected chi connectivity index (χ1v) is 20.3. The van der Waals surface area contributed by atoms with E-state index in [1.807, 2.05) is 11.3 Å². The summed E-state index contributed by atoms with van der Waals surface area (Å²) < 4.78 is 2.77. The molecule has 6 aromatic carbocycles. The average molecular weight is 688 g/mol. The van der Waals surface area contributed by atoms with Crippen LogP contribution >= 0.6 is 11.3 Å². The van der Waals surface area contributed by atoms with Crippen LogP contribution in [0.25, 0.3) is 55.3 Å². The van der Waals surface area contributed by atoms with Crippen LogP contribution in [-0.2, 0) is 5.41 Å². The van der Waals surface area contributed by atoms with Crippen molar-refractivity contribution >= 4 is 55.7 Å². The van der Waals surface area contributed by atoms with Gasteiger partial charge in [0.2, 0.25) is 0 Å². The Morgan fingerprint density at radius 3 is 2.10 bits per heavy atom. The van der Waals surface area contributed by atoms with E-state index in [9.17, 15) is 0 Å². The lowest BCUT2D eigenvalue weighted by molar-refractivity contribution is -0.0399. The molecule has 52 heavy (non-hydrogen) atoms. The molecule has 1 heterocycles. The van der Waals surface area contributed by atoms with Gasteiger partial charge in [0.15, 0.2) is 0 Å². The van der Waals surface area contributed by atoms with Gasteiger partial charge in [0.1, 0.15) is 0 Å². The molecule has 2 heteroatoms. The minimum Gasteiger partial charge on any atom is -0.334 e. The van der Waals surface area contributed by atoms with Crippen LogP contribution in [0, 0.1) is 23.7 Å². The highest BCUT2D eigenvalue weighted by Gasteiger charge is 2.61. The van der Waals surface area contributed by atoms with Gasteiger partial charge < -0.3 is 4.90 Å². The summed E-state index contributed by atoms with van der Waals surface area (Å²) in [4.78, 5) is 2.64. The Labute approximate surface area is 309 Å². The third-order valence-electron chi connectivity index (χ3n) is 13.9. The minimum atomic E-state index is 0.195. The summed E-state index contributed by atoms with van der Waals surface area (Å²) in [6.45, 7) is 0. The Morgan fingerprint density at radius 2 is 1.25 bits per heavy atom. The molecule has 4 bridgehead atoms. The molecule has 1 nitrogen and oxygen atoms in total. The zero-order valence-corrected chi connectivity index (χ0v) is 30.2. The van der Waals surface area contributed by atoms with Gasteiger partial charge in [0, 0.05) is 26.0 Å². The maximum absolute atomic E-state index is 2.64. The summed E-state index contributed by atoms with van der Waals surface area (Å²) in [5.41, 5.74) is 11.5. The minimum absolute atomic E-state index is 0.195. The van der Waals surface area contributed by atoms with E-state index in [1.165, 1.54) is 96.3 Å². The molecule has 7 aromatic rings. The fourth-order valence-corrected chi connectivity index (χ4v) is 13.3. The summed E-state index contributed by atoms with van der Waals surface area (Å²) in [5.74, 6) is 3.47. The van der Waals surface area contributed by atoms with Crippen LogP contribution in [0.5, 0.6) is 0 Å². The van der Waals surface area contributed by atoms with Crippen molar-refractivity contribution in [1.82, 2.24) is 0 Å². The number of fused-ring (bicyclic) bond motifs is 7. The molecule has 0 N–H and O–H groups in total. The van der Waals surface area contributed by atoms with E-state index < -0.39 is 0 Å². The van der Waals surface area contributed by atoms with E-state index in [-0.39, 0.29) is 11.5 Å². The molecular weight excluding hydrogens is 647 g/mol. The number of rotatable bonds is 4. The highest BCUT2D eigenvalue weighted by Crippen LogP contribution is 2.69. The van der Waals surface area contributed by atoms with Gasteiger partial charge in [0.25, 0.3) is 0 Å². The molecule has 1 atom stereocenters.